The Balaban J connectivity index is 1.78. The molecular formula is C20H21N3O3. The van der Waals surface area contributed by atoms with E-state index in [-0.39, 0.29) is 30.2 Å². The first-order valence-electron chi connectivity index (χ1n) is 8.51. The number of nitrogens with zero attached hydrogens (tertiary/aromatic N) is 1. The van der Waals surface area contributed by atoms with Crippen molar-refractivity contribution in [3.8, 4) is 5.75 Å². The van der Waals surface area contributed by atoms with Gasteiger partial charge in [0.15, 0.2) is 0 Å². The zero-order chi connectivity index (χ0) is 18.5. The lowest BCUT2D eigenvalue weighted by Gasteiger charge is -2.21. The molecule has 2 N–H and O–H groups in total. The molecule has 134 valence electrons. The summed E-state index contributed by atoms with van der Waals surface area (Å²) < 4.78 is 5.13. The molecule has 0 unspecified atom stereocenters. The summed E-state index contributed by atoms with van der Waals surface area (Å²) in [7, 11) is 1.54. The van der Waals surface area contributed by atoms with Crippen molar-refractivity contribution in [1.29, 1.82) is 0 Å². The molecule has 2 aromatic rings. The molecule has 0 aliphatic carbocycles. The summed E-state index contributed by atoms with van der Waals surface area (Å²) in [6, 6.07) is 14.5. The van der Waals surface area contributed by atoms with Gasteiger partial charge in [-0.05, 0) is 35.7 Å². The molecule has 2 amide bonds. The van der Waals surface area contributed by atoms with Crippen molar-refractivity contribution in [3.63, 3.8) is 0 Å². The first kappa shape index (κ1) is 17.7. The number of benzene rings is 2. The minimum Gasteiger partial charge on any atom is -0.497 e. The van der Waals surface area contributed by atoms with Gasteiger partial charge in [-0.25, -0.2) is 4.99 Å². The molecule has 0 saturated heterocycles. The third-order valence-corrected chi connectivity index (χ3v) is 4.26. The number of ether oxygens (including phenoxy) is 1. The van der Waals surface area contributed by atoms with Gasteiger partial charge in [-0.15, -0.1) is 0 Å². The molecule has 1 aliphatic rings. The normalized spacial score (nSPS) is 16.5. The second-order valence-electron chi connectivity index (χ2n) is 6.03. The molecule has 3 rings (SSSR count). The molecule has 0 bridgehead atoms. The number of aryl methyl sites for hydroxylation is 1. The average Bonchev–Trinajstić information content (AvgIpc) is 2.67. The molecule has 0 aromatic heterocycles. The van der Waals surface area contributed by atoms with Crippen LogP contribution >= 0.6 is 0 Å². The number of nitrogens with one attached hydrogen (secondary N) is 2. The van der Waals surface area contributed by atoms with Crippen molar-refractivity contribution in [2.24, 2.45) is 4.99 Å². The summed E-state index contributed by atoms with van der Waals surface area (Å²) in [5.41, 5.74) is 2.60. The van der Waals surface area contributed by atoms with E-state index in [9.17, 15) is 9.59 Å². The Morgan fingerprint density at radius 2 is 2.04 bits per heavy atom. The predicted molar refractivity (Wildman–Crippen MR) is 99.2 cm³/mol. The summed E-state index contributed by atoms with van der Waals surface area (Å²) >= 11 is 0. The van der Waals surface area contributed by atoms with Gasteiger partial charge in [0.05, 0.1) is 19.6 Å². The molecule has 1 heterocycles. The smallest absolute Gasteiger partial charge is 0.258 e. The van der Waals surface area contributed by atoms with Crippen LogP contribution < -0.4 is 15.4 Å². The number of carbonyl (C=O) groups is 2. The van der Waals surface area contributed by atoms with Crippen molar-refractivity contribution in [1.82, 2.24) is 10.6 Å². The quantitative estimate of drug-likeness (QED) is 0.889. The first-order chi connectivity index (χ1) is 12.6. The van der Waals surface area contributed by atoms with Gasteiger partial charge < -0.3 is 4.74 Å². The van der Waals surface area contributed by atoms with Crippen molar-refractivity contribution in [2.45, 2.75) is 25.8 Å². The molecule has 6 heteroatoms. The molecule has 26 heavy (non-hydrogen) atoms. The second kappa shape index (κ2) is 7.82. The van der Waals surface area contributed by atoms with Gasteiger partial charge in [-0.3, -0.25) is 20.2 Å². The maximum atomic E-state index is 12.4. The lowest BCUT2D eigenvalue weighted by molar-refractivity contribution is -0.120. The van der Waals surface area contributed by atoms with E-state index in [1.807, 2.05) is 24.3 Å². The van der Waals surface area contributed by atoms with Gasteiger partial charge in [-0.1, -0.05) is 37.3 Å². The van der Waals surface area contributed by atoms with Gasteiger partial charge in [0.1, 0.15) is 5.75 Å². The summed E-state index contributed by atoms with van der Waals surface area (Å²) in [6.45, 7) is 2.09. The largest absolute Gasteiger partial charge is 0.497 e. The van der Waals surface area contributed by atoms with Gasteiger partial charge in [-0.2, -0.15) is 0 Å². The van der Waals surface area contributed by atoms with Crippen LogP contribution in [0.25, 0.3) is 0 Å². The standard InChI is InChI=1S/C20H21N3O3/c1-3-13-7-9-14(10-8-13)17-12-18(24)22-20(21-17)23-19(25)15-5-4-6-16(11-15)26-2/h4-11,17H,3,12H2,1-2H3,(H2,21,22,23,24,25)/t17-/m1/s1. The predicted octanol–water partition coefficient (Wildman–Crippen LogP) is 2.60. The SMILES string of the molecule is CCc1ccc([C@H]2CC(=O)NC(NC(=O)c3cccc(OC)c3)=N2)cc1. The monoisotopic (exact) mass is 351 g/mol. The van der Waals surface area contributed by atoms with Gasteiger partial charge in [0.2, 0.25) is 11.9 Å². The number of aliphatic imine (C=N–C) groups is 1. The van der Waals surface area contributed by atoms with Crippen LogP contribution in [0.5, 0.6) is 5.75 Å². The van der Waals surface area contributed by atoms with Crippen LogP contribution in [-0.4, -0.2) is 24.9 Å². The highest BCUT2D eigenvalue weighted by molar-refractivity contribution is 6.10. The zero-order valence-electron chi connectivity index (χ0n) is 14.8. The molecule has 2 aromatic carbocycles. The average molecular weight is 351 g/mol. The van der Waals surface area contributed by atoms with Gasteiger partial charge in [0.25, 0.3) is 5.91 Å². The third kappa shape index (κ3) is 4.08. The number of rotatable bonds is 4. The Bertz CT molecular complexity index is 844. The van der Waals surface area contributed by atoms with Crippen molar-refractivity contribution >= 4 is 17.8 Å². The molecule has 0 radical (unpaired) electrons. The van der Waals surface area contributed by atoms with Crippen molar-refractivity contribution < 1.29 is 14.3 Å². The van der Waals surface area contributed by atoms with Crippen molar-refractivity contribution in [3.05, 3.63) is 65.2 Å². The molecule has 1 aliphatic heterocycles. The van der Waals surface area contributed by atoms with E-state index in [0.717, 1.165) is 12.0 Å². The van der Waals surface area contributed by atoms with E-state index < -0.39 is 0 Å². The Kier molecular flexibility index (Phi) is 5.31. The van der Waals surface area contributed by atoms with E-state index >= 15 is 0 Å². The number of amides is 2. The fourth-order valence-electron chi connectivity index (χ4n) is 2.77. The van der Waals surface area contributed by atoms with Gasteiger partial charge in [0, 0.05) is 5.56 Å². The molecule has 0 saturated carbocycles. The Morgan fingerprint density at radius 3 is 2.73 bits per heavy atom. The van der Waals surface area contributed by atoms with E-state index in [0.29, 0.717) is 11.3 Å². The van der Waals surface area contributed by atoms with E-state index in [1.165, 1.54) is 12.7 Å². The molecule has 6 nitrogen and oxygen atoms in total. The summed E-state index contributed by atoms with van der Waals surface area (Å²) in [4.78, 5) is 28.9. The summed E-state index contributed by atoms with van der Waals surface area (Å²) in [5.74, 6) is 0.218. The topological polar surface area (TPSA) is 79.8 Å². The summed E-state index contributed by atoms with van der Waals surface area (Å²) in [6.07, 6.45) is 1.21. The highest BCUT2D eigenvalue weighted by atomic mass is 16.5. The van der Waals surface area contributed by atoms with Crippen LogP contribution in [0.2, 0.25) is 0 Å². The maximum absolute atomic E-state index is 12.4. The lowest BCUT2D eigenvalue weighted by Crippen LogP contribution is -2.47. The van der Waals surface area contributed by atoms with E-state index in [1.54, 1.807) is 24.3 Å². The van der Waals surface area contributed by atoms with Crippen molar-refractivity contribution in [2.75, 3.05) is 7.11 Å². The van der Waals surface area contributed by atoms with Crippen LogP contribution in [0.3, 0.4) is 0 Å². The molecule has 0 spiro atoms. The summed E-state index contributed by atoms with van der Waals surface area (Å²) in [5, 5.41) is 5.28. The third-order valence-electron chi connectivity index (χ3n) is 4.26. The molecule has 0 fully saturated rings. The number of hydrogen-bond acceptors (Lipinski definition) is 4. The van der Waals surface area contributed by atoms with E-state index in [2.05, 4.69) is 22.5 Å². The maximum Gasteiger partial charge on any atom is 0.258 e. The molecular weight excluding hydrogens is 330 g/mol. The van der Waals surface area contributed by atoms with E-state index in [4.69, 9.17) is 4.74 Å². The zero-order valence-corrected chi connectivity index (χ0v) is 14.8. The van der Waals surface area contributed by atoms with Crippen LogP contribution in [-0.2, 0) is 11.2 Å². The number of hydrogen-bond donors (Lipinski definition) is 2. The Hall–Kier alpha value is -3.15. The highest BCUT2D eigenvalue weighted by Crippen LogP contribution is 2.24. The van der Waals surface area contributed by atoms with Gasteiger partial charge >= 0.3 is 0 Å². The Morgan fingerprint density at radius 1 is 1.27 bits per heavy atom. The van der Waals surface area contributed by atoms with Crippen LogP contribution in [0.15, 0.2) is 53.5 Å². The fraction of sp³-hybridized carbons (Fsp3) is 0.250. The van der Waals surface area contributed by atoms with Crippen LogP contribution in [0.1, 0.15) is 40.9 Å². The van der Waals surface area contributed by atoms with Crippen LogP contribution in [0.4, 0.5) is 0 Å². The van der Waals surface area contributed by atoms with Crippen LogP contribution in [0, 0.1) is 0 Å². The number of methoxy groups -OCH3 is 1. The second-order valence-corrected chi connectivity index (χ2v) is 6.03. The first-order valence-corrected chi connectivity index (χ1v) is 8.51. The highest BCUT2D eigenvalue weighted by Gasteiger charge is 2.23. The fourth-order valence-corrected chi connectivity index (χ4v) is 2.77. The molecule has 1 atom stereocenters. The lowest BCUT2D eigenvalue weighted by atomic mass is 10.0. The minimum atomic E-state index is -0.357. The minimum absolute atomic E-state index is 0.165. The number of carbonyl (C=O) groups excluding carboxylic acids is 2. The number of guanidine groups is 1. The Labute approximate surface area is 152 Å².